The summed E-state index contributed by atoms with van der Waals surface area (Å²) < 4.78 is 38.2. The summed E-state index contributed by atoms with van der Waals surface area (Å²) in [5.41, 5.74) is 5.81. The van der Waals surface area contributed by atoms with E-state index >= 15 is 0 Å². The van der Waals surface area contributed by atoms with E-state index in [1.54, 1.807) is 24.9 Å². The van der Waals surface area contributed by atoms with Crippen LogP contribution in [0.15, 0.2) is 24.3 Å². The first kappa shape index (κ1) is 20.5. The quantitative estimate of drug-likeness (QED) is 0.819. The van der Waals surface area contributed by atoms with Crippen LogP contribution in [0.5, 0.6) is 0 Å². The van der Waals surface area contributed by atoms with Crippen molar-refractivity contribution >= 4 is 5.91 Å². The molecule has 0 aromatic heterocycles. The summed E-state index contributed by atoms with van der Waals surface area (Å²) in [6, 6.07) is 5.17. The number of alkyl halides is 3. The second kappa shape index (κ2) is 8.51. The van der Waals surface area contributed by atoms with Gasteiger partial charge in [-0.2, -0.15) is 13.2 Å². The van der Waals surface area contributed by atoms with Crippen LogP contribution in [0.4, 0.5) is 13.2 Å². The largest absolute Gasteiger partial charge is 0.416 e. The maximum absolute atomic E-state index is 12.7. The molecule has 0 saturated heterocycles. The van der Waals surface area contributed by atoms with Crippen molar-refractivity contribution in [2.24, 2.45) is 17.6 Å². The first-order valence-electron chi connectivity index (χ1n) is 8.19. The minimum Gasteiger partial charge on any atom is -0.345 e. The van der Waals surface area contributed by atoms with E-state index in [9.17, 15) is 18.0 Å². The smallest absolute Gasteiger partial charge is 0.345 e. The van der Waals surface area contributed by atoms with Crippen LogP contribution in [0.3, 0.4) is 0 Å². The van der Waals surface area contributed by atoms with Crippen LogP contribution in [0.2, 0.25) is 0 Å². The van der Waals surface area contributed by atoms with Gasteiger partial charge in [-0.25, -0.2) is 0 Å². The van der Waals surface area contributed by atoms with Gasteiger partial charge in [0.05, 0.1) is 5.56 Å². The van der Waals surface area contributed by atoms with Gasteiger partial charge in [-0.05, 0) is 30.4 Å². The number of nitrogens with zero attached hydrogens (tertiary/aromatic N) is 1. The third kappa shape index (κ3) is 6.15. The zero-order valence-corrected chi connectivity index (χ0v) is 14.7. The number of hydrogen-bond donors (Lipinski definition) is 1. The maximum atomic E-state index is 12.7. The Kier molecular flexibility index (Phi) is 7.27. The Balaban J connectivity index is 2.64. The number of halogens is 3. The summed E-state index contributed by atoms with van der Waals surface area (Å²) in [7, 11) is 1.71. The number of amides is 1. The number of hydrogen-bond acceptors (Lipinski definition) is 2. The summed E-state index contributed by atoms with van der Waals surface area (Å²) in [5, 5.41) is 0. The van der Waals surface area contributed by atoms with Crippen molar-refractivity contribution < 1.29 is 18.0 Å². The molecular weight excluding hydrogens is 317 g/mol. The Morgan fingerprint density at radius 2 is 1.88 bits per heavy atom. The Morgan fingerprint density at radius 3 is 2.42 bits per heavy atom. The zero-order valence-electron chi connectivity index (χ0n) is 14.7. The molecule has 2 atom stereocenters. The lowest BCUT2D eigenvalue weighted by molar-refractivity contribution is -0.137. The fourth-order valence-corrected chi connectivity index (χ4v) is 2.48. The van der Waals surface area contributed by atoms with E-state index < -0.39 is 11.7 Å². The maximum Gasteiger partial charge on any atom is 0.416 e. The van der Waals surface area contributed by atoms with E-state index in [1.807, 2.05) is 13.8 Å². The Labute approximate surface area is 142 Å². The molecule has 1 aromatic carbocycles. The second-order valence-electron chi connectivity index (χ2n) is 6.76. The average molecular weight is 344 g/mol. The van der Waals surface area contributed by atoms with Crippen molar-refractivity contribution in [2.45, 2.75) is 45.8 Å². The molecule has 1 rings (SSSR count). The van der Waals surface area contributed by atoms with E-state index in [4.69, 9.17) is 5.73 Å². The van der Waals surface area contributed by atoms with Crippen molar-refractivity contribution in [1.29, 1.82) is 0 Å². The topological polar surface area (TPSA) is 46.3 Å². The number of benzene rings is 1. The minimum absolute atomic E-state index is 0.0269. The van der Waals surface area contributed by atoms with Crippen molar-refractivity contribution in [3.05, 3.63) is 35.4 Å². The van der Waals surface area contributed by atoms with Crippen LogP contribution in [0.25, 0.3) is 0 Å². The molecule has 1 aromatic rings. The Morgan fingerprint density at radius 1 is 1.25 bits per heavy atom. The van der Waals surface area contributed by atoms with Gasteiger partial charge < -0.3 is 10.6 Å². The van der Waals surface area contributed by atoms with Crippen LogP contribution in [0, 0.1) is 11.8 Å². The lowest BCUT2D eigenvalue weighted by Crippen LogP contribution is -2.37. The summed E-state index contributed by atoms with van der Waals surface area (Å²) in [6.07, 6.45) is -3.38. The molecule has 0 aliphatic rings. The van der Waals surface area contributed by atoms with Gasteiger partial charge in [0.25, 0.3) is 0 Å². The third-order valence-corrected chi connectivity index (χ3v) is 4.25. The van der Waals surface area contributed by atoms with Gasteiger partial charge in [-0.1, -0.05) is 39.0 Å². The predicted molar refractivity (Wildman–Crippen MR) is 89.4 cm³/mol. The average Bonchev–Trinajstić information content (AvgIpc) is 2.50. The van der Waals surface area contributed by atoms with Gasteiger partial charge >= 0.3 is 6.18 Å². The first-order chi connectivity index (χ1) is 11.0. The fourth-order valence-electron chi connectivity index (χ4n) is 2.48. The van der Waals surface area contributed by atoms with Crippen LogP contribution >= 0.6 is 0 Å². The van der Waals surface area contributed by atoms with Gasteiger partial charge in [0, 0.05) is 25.6 Å². The molecule has 0 aliphatic heterocycles. The summed E-state index contributed by atoms with van der Waals surface area (Å²) in [5.74, 6) is -0.117. The molecule has 0 spiro atoms. The molecule has 0 saturated carbocycles. The van der Waals surface area contributed by atoms with Gasteiger partial charge in [0.1, 0.15) is 0 Å². The van der Waals surface area contributed by atoms with E-state index in [2.05, 4.69) is 0 Å². The molecule has 2 N–H and O–H groups in total. The standard InChI is InChI=1S/C18H27F3N2O/c1-12(2)16(22)8-9-23(4)17(24)13(3)10-14-6-5-7-15(11-14)18(19,20)21/h5-7,11-13,16H,8-10,22H2,1-4H3. The Hall–Kier alpha value is -1.56. The number of nitrogens with two attached hydrogens (primary N) is 1. The molecule has 2 unspecified atom stereocenters. The van der Waals surface area contributed by atoms with Crippen LogP contribution in [0.1, 0.15) is 38.3 Å². The highest BCUT2D eigenvalue weighted by Crippen LogP contribution is 2.30. The predicted octanol–water partition coefficient (Wildman–Crippen LogP) is 3.72. The summed E-state index contributed by atoms with van der Waals surface area (Å²) in [4.78, 5) is 14.0. The van der Waals surface area contributed by atoms with Gasteiger partial charge in [0.2, 0.25) is 5.91 Å². The molecule has 0 fully saturated rings. The first-order valence-corrected chi connectivity index (χ1v) is 8.19. The van der Waals surface area contributed by atoms with Gasteiger partial charge in [0.15, 0.2) is 0 Å². The van der Waals surface area contributed by atoms with Crippen molar-refractivity contribution in [3.8, 4) is 0 Å². The van der Waals surface area contributed by atoms with Gasteiger partial charge in [-0.3, -0.25) is 4.79 Å². The molecule has 0 heterocycles. The lowest BCUT2D eigenvalue weighted by atomic mass is 9.97. The number of carbonyl (C=O) groups excluding carboxylic acids is 1. The van der Waals surface area contributed by atoms with Crippen molar-refractivity contribution in [2.75, 3.05) is 13.6 Å². The van der Waals surface area contributed by atoms with Crippen LogP contribution in [-0.2, 0) is 17.4 Å². The molecule has 1 amide bonds. The highest BCUT2D eigenvalue weighted by atomic mass is 19.4. The molecule has 6 heteroatoms. The van der Waals surface area contributed by atoms with Crippen LogP contribution < -0.4 is 5.73 Å². The minimum atomic E-state index is -4.37. The van der Waals surface area contributed by atoms with E-state index in [0.29, 0.717) is 24.4 Å². The van der Waals surface area contributed by atoms with Crippen LogP contribution in [-0.4, -0.2) is 30.4 Å². The van der Waals surface area contributed by atoms with Gasteiger partial charge in [-0.15, -0.1) is 0 Å². The molecule has 136 valence electrons. The number of carbonyl (C=O) groups is 1. The van der Waals surface area contributed by atoms with E-state index in [0.717, 1.165) is 12.1 Å². The molecule has 0 bridgehead atoms. The summed E-state index contributed by atoms with van der Waals surface area (Å²) in [6.45, 7) is 6.35. The van der Waals surface area contributed by atoms with Crippen molar-refractivity contribution in [1.82, 2.24) is 4.90 Å². The van der Waals surface area contributed by atoms with E-state index in [-0.39, 0.29) is 24.3 Å². The molecule has 0 radical (unpaired) electrons. The molecule has 24 heavy (non-hydrogen) atoms. The fraction of sp³-hybridized carbons (Fsp3) is 0.611. The van der Waals surface area contributed by atoms with E-state index in [1.165, 1.54) is 6.07 Å². The zero-order chi connectivity index (χ0) is 18.5. The highest BCUT2D eigenvalue weighted by molar-refractivity contribution is 5.78. The van der Waals surface area contributed by atoms with Crippen molar-refractivity contribution in [3.63, 3.8) is 0 Å². The number of rotatable bonds is 7. The normalized spacial score (nSPS) is 14.5. The molecule has 0 aliphatic carbocycles. The molecular formula is C18H27F3N2O. The molecule has 3 nitrogen and oxygen atoms in total. The summed E-state index contributed by atoms with van der Waals surface area (Å²) >= 11 is 0. The lowest BCUT2D eigenvalue weighted by Gasteiger charge is -2.24. The monoisotopic (exact) mass is 344 g/mol. The Bertz CT molecular complexity index is 543. The second-order valence-corrected chi connectivity index (χ2v) is 6.76. The SMILES string of the molecule is CC(Cc1cccc(C(F)(F)F)c1)C(=O)N(C)CCC(N)C(C)C. The third-order valence-electron chi connectivity index (χ3n) is 4.25. The highest BCUT2D eigenvalue weighted by Gasteiger charge is 2.30.